The number of halogens is 2. The molecule has 0 aliphatic heterocycles. The van der Waals surface area contributed by atoms with Gasteiger partial charge in [-0.25, -0.2) is 0 Å². The lowest BCUT2D eigenvalue weighted by Gasteiger charge is -2.02. The predicted octanol–water partition coefficient (Wildman–Crippen LogP) is 2.87. The van der Waals surface area contributed by atoms with Crippen molar-refractivity contribution in [2.75, 3.05) is 0 Å². The van der Waals surface area contributed by atoms with E-state index >= 15 is 0 Å². The Hall–Kier alpha value is -1.12. The third-order valence-corrected chi connectivity index (χ3v) is 0.951. The summed E-state index contributed by atoms with van der Waals surface area (Å²) in [4.78, 5) is 0. The Morgan fingerprint density at radius 1 is 1.55 bits per heavy atom. The van der Waals surface area contributed by atoms with Crippen LogP contribution in [0, 0.1) is 0 Å². The van der Waals surface area contributed by atoms with Crippen molar-refractivity contribution in [3.8, 4) is 0 Å². The van der Waals surface area contributed by atoms with Crippen LogP contribution < -0.4 is 0 Å². The highest BCUT2D eigenvalue weighted by Gasteiger charge is 2.01. The Bertz CT molecular complexity index is 183. The SMILES string of the molecule is C=C/C(C)=C\C(=C)OC(F)F. The molecule has 11 heavy (non-hydrogen) atoms. The number of ether oxygens (including phenoxy) is 1. The summed E-state index contributed by atoms with van der Waals surface area (Å²) in [6.45, 7) is 5.60. The Balaban J connectivity index is 3.96. The first-order valence-electron chi connectivity index (χ1n) is 3.00. The Morgan fingerprint density at radius 2 is 2.09 bits per heavy atom. The molecule has 0 atom stereocenters. The summed E-state index contributed by atoms with van der Waals surface area (Å²) in [5.74, 6) is -0.0580. The predicted molar refractivity (Wildman–Crippen MR) is 40.2 cm³/mol. The molecule has 0 aliphatic carbocycles. The minimum Gasteiger partial charge on any atom is -0.435 e. The third kappa shape index (κ3) is 5.33. The molecular formula is C8H10F2O. The lowest BCUT2D eigenvalue weighted by Crippen LogP contribution is -1.95. The first-order chi connectivity index (χ1) is 5.06. The molecule has 0 amide bonds. The van der Waals surface area contributed by atoms with Crippen LogP contribution in [-0.4, -0.2) is 6.61 Å². The van der Waals surface area contributed by atoms with Crippen molar-refractivity contribution in [1.29, 1.82) is 0 Å². The van der Waals surface area contributed by atoms with Gasteiger partial charge < -0.3 is 4.74 Å². The van der Waals surface area contributed by atoms with Crippen molar-refractivity contribution < 1.29 is 13.5 Å². The molecule has 0 radical (unpaired) electrons. The molecule has 0 spiro atoms. The van der Waals surface area contributed by atoms with Crippen molar-refractivity contribution in [2.45, 2.75) is 13.5 Å². The average molecular weight is 160 g/mol. The van der Waals surface area contributed by atoms with E-state index in [1.807, 2.05) is 0 Å². The van der Waals surface area contributed by atoms with Gasteiger partial charge in [0.25, 0.3) is 0 Å². The molecule has 1 nitrogen and oxygen atoms in total. The van der Waals surface area contributed by atoms with Crippen LogP contribution in [0.15, 0.2) is 36.6 Å². The maximum atomic E-state index is 11.5. The van der Waals surface area contributed by atoms with Gasteiger partial charge in [0, 0.05) is 0 Å². The summed E-state index contributed by atoms with van der Waals surface area (Å²) in [7, 11) is 0. The van der Waals surface area contributed by atoms with E-state index in [1.165, 1.54) is 12.2 Å². The van der Waals surface area contributed by atoms with Crippen molar-refractivity contribution in [1.82, 2.24) is 0 Å². The highest BCUT2D eigenvalue weighted by atomic mass is 19.3. The van der Waals surface area contributed by atoms with E-state index in [4.69, 9.17) is 0 Å². The molecule has 0 N–H and O–H groups in total. The lowest BCUT2D eigenvalue weighted by molar-refractivity contribution is -0.0916. The number of rotatable bonds is 4. The smallest absolute Gasteiger partial charge is 0.387 e. The van der Waals surface area contributed by atoms with Crippen LogP contribution in [0.4, 0.5) is 8.78 Å². The number of alkyl halides is 2. The van der Waals surface area contributed by atoms with E-state index in [0.29, 0.717) is 0 Å². The van der Waals surface area contributed by atoms with Crippen LogP contribution in [0.25, 0.3) is 0 Å². The first kappa shape index (κ1) is 9.88. The van der Waals surface area contributed by atoms with Crippen LogP contribution in [0.3, 0.4) is 0 Å². The van der Waals surface area contributed by atoms with E-state index in [-0.39, 0.29) is 5.76 Å². The molecule has 0 heterocycles. The van der Waals surface area contributed by atoms with Gasteiger partial charge in [0.2, 0.25) is 0 Å². The Kier molecular flexibility index (Phi) is 4.18. The molecule has 0 unspecified atom stereocenters. The van der Waals surface area contributed by atoms with Crippen LogP contribution in [-0.2, 0) is 4.74 Å². The fourth-order valence-electron chi connectivity index (χ4n) is 0.461. The topological polar surface area (TPSA) is 9.23 Å². The highest BCUT2D eigenvalue weighted by Crippen LogP contribution is 2.07. The van der Waals surface area contributed by atoms with Crippen molar-refractivity contribution >= 4 is 0 Å². The molecule has 0 saturated carbocycles. The van der Waals surface area contributed by atoms with Crippen molar-refractivity contribution in [2.24, 2.45) is 0 Å². The Labute approximate surface area is 64.7 Å². The van der Waals surface area contributed by atoms with Crippen LogP contribution >= 0.6 is 0 Å². The zero-order chi connectivity index (χ0) is 8.85. The fraction of sp³-hybridized carbons (Fsp3) is 0.250. The Morgan fingerprint density at radius 3 is 2.45 bits per heavy atom. The largest absolute Gasteiger partial charge is 0.435 e. The summed E-state index contributed by atoms with van der Waals surface area (Å²) < 4.78 is 27.0. The van der Waals surface area contributed by atoms with Gasteiger partial charge in [-0.1, -0.05) is 19.2 Å². The zero-order valence-corrected chi connectivity index (χ0v) is 6.31. The highest BCUT2D eigenvalue weighted by molar-refractivity contribution is 5.21. The second-order valence-electron chi connectivity index (χ2n) is 1.94. The molecule has 0 rings (SSSR count). The number of hydrogen-bond acceptors (Lipinski definition) is 1. The second-order valence-corrected chi connectivity index (χ2v) is 1.94. The molecule has 0 fully saturated rings. The normalized spacial score (nSPS) is 11.5. The molecular weight excluding hydrogens is 150 g/mol. The summed E-state index contributed by atoms with van der Waals surface area (Å²) in [6.07, 6.45) is 2.92. The summed E-state index contributed by atoms with van der Waals surface area (Å²) in [5.41, 5.74) is 0.732. The van der Waals surface area contributed by atoms with E-state index in [0.717, 1.165) is 5.57 Å². The first-order valence-corrected chi connectivity index (χ1v) is 3.00. The maximum absolute atomic E-state index is 11.5. The molecule has 0 aromatic heterocycles. The molecule has 0 bridgehead atoms. The molecule has 0 saturated heterocycles. The summed E-state index contributed by atoms with van der Waals surface area (Å²) >= 11 is 0. The van der Waals surface area contributed by atoms with E-state index in [2.05, 4.69) is 17.9 Å². The quantitative estimate of drug-likeness (QED) is 0.454. The van der Waals surface area contributed by atoms with Gasteiger partial charge >= 0.3 is 6.61 Å². The number of hydrogen-bond donors (Lipinski definition) is 0. The standard InChI is InChI=1S/C8H10F2O/c1-4-6(2)5-7(3)11-8(9)10/h4-5,8H,1,3H2,2H3/b6-5-. The van der Waals surface area contributed by atoms with E-state index in [9.17, 15) is 8.78 Å². The van der Waals surface area contributed by atoms with Gasteiger partial charge in [-0.2, -0.15) is 8.78 Å². The van der Waals surface area contributed by atoms with Gasteiger partial charge in [-0.05, 0) is 18.6 Å². The molecule has 3 heteroatoms. The third-order valence-electron chi connectivity index (χ3n) is 0.951. The minimum atomic E-state index is -2.81. The summed E-state index contributed by atoms with van der Waals surface area (Å²) in [5, 5.41) is 0. The van der Waals surface area contributed by atoms with E-state index in [1.54, 1.807) is 6.92 Å². The van der Waals surface area contributed by atoms with Gasteiger partial charge in [0.05, 0.1) is 0 Å². The molecule has 62 valence electrons. The summed E-state index contributed by atoms with van der Waals surface area (Å²) in [6, 6.07) is 0. The monoisotopic (exact) mass is 160 g/mol. The van der Waals surface area contributed by atoms with E-state index < -0.39 is 6.61 Å². The van der Waals surface area contributed by atoms with Gasteiger partial charge in [0.1, 0.15) is 5.76 Å². The zero-order valence-electron chi connectivity index (χ0n) is 6.31. The second kappa shape index (κ2) is 4.66. The molecule has 0 aromatic carbocycles. The van der Waals surface area contributed by atoms with Gasteiger partial charge in [-0.3, -0.25) is 0 Å². The van der Waals surface area contributed by atoms with Gasteiger partial charge in [0.15, 0.2) is 0 Å². The molecule has 0 aromatic rings. The van der Waals surface area contributed by atoms with Crippen molar-refractivity contribution in [3.63, 3.8) is 0 Å². The van der Waals surface area contributed by atoms with Crippen LogP contribution in [0.1, 0.15) is 6.92 Å². The fourth-order valence-corrected chi connectivity index (χ4v) is 0.461. The molecule has 0 aliphatic rings. The average Bonchev–Trinajstić information content (AvgIpc) is 1.85. The van der Waals surface area contributed by atoms with Crippen LogP contribution in [0.5, 0.6) is 0 Å². The minimum absolute atomic E-state index is 0.0580. The lowest BCUT2D eigenvalue weighted by atomic mass is 10.3. The van der Waals surface area contributed by atoms with Crippen LogP contribution in [0.2, 0.25) is 0 Å². The number of allylic oxidation sites excluding steroid dienone is 3. The van der Waals surface area contributed by atoms with Gasteiger partial charge in [-0.15, -0.1) is 0 Å². The maximum Gasteiger partial charge on any atom is 0.387 e. The van der Waals surface area contributed by atoms with Crippen molar-refractivity contribution in [3.05, 3.63) is 36.6 Å².